The van der Waals surface area contributed by atoms with Crippen LogP contribution in [0.5, 0.6) is 0 Å². The smallest absolute Gasteiger partial charge is 0.0714 e. The van der Waals surface area contributed by atoms with Crippen LogP contribution in [-0.4, -0.2) is 4.57 Å². The van der Waals surface area contributed by atoms with Gasteiger partial charge in [0.2, 0.25) is 0 Å². The number of anilines is 3. The van der Waals surface area contributed by atoms with E-state index in [0.717, 1.165) is 28.3 Å². The lowest BCUT2D eigenvalue weighted by molar-refractivity contribution is 0.768. The van der Waals surface area contributed by atoms with E-state index in [0.29, 0.717) is 0 Å². The second-order valence-electron chi connectivity index (χ2n) is 16.0. The molecule has 0 atom stereocenters. The molecule has 0 bridgehead atoms. The average Bonchev–Trinajstić information content (AvgIpc) is 3.83. The molecule has 0 spiro atoms. The zero-order valence-corrected chi connectivity index (χ0v) is 33.5. The van der Waals surface area contributed by atoms with E-state index in [1.54, 1.807) is 0 Å². The Morgan fingerprint density at radius 1 is 0.361 bits per heavy atom. The molecule has 0 N–H and O–H groups in total. The minimum absolute atomic E-state index is 0.536. The molecule has 0 amide bonds. The molecule has 2 nitrogen and oxygen atoms in total. The molecule has 2 heteroatoms. The topological polar surface area (TPSA) is 8.17 Å². The van der Waals surface area contributed by atoms with Crippen LogP contribution in [0.1, 0.15) is 22.3 Å². The monoisotopic (exact) mass is 776 g/mol. The largest absolute Gasteiger partial charge is 0.309 e. The number of aromatic nitrogens is 1. The van der Waals surface area contributed by atoms with Gasteiger partial charge in [-0.3, -0.25) is 0 Å². The van der Waals surface area contributed by atoms with Gasteiger partial charge in [-0.1, -0.05) is 200 Å². The highest BCUT2D eigenvalue weighted by Crippen LogP contribution is 2.60. The van der Waals surface area contributed by atoms with Gasteiger partial charge in [-0.05, 0) is 86.6 Å². The Balaban J connectivity index is 1.22. The second-order valence-corrected chi connectivity index (χ2v) is 16.0. The van der Waals surface area contributed by atoms with Crippen LogP contribution in [0.3, 0.4) is 0 Å². The maximum Gasteiger partial charge on any atom is 0.0714 e. The fraction of sp³-hybridized carbons (Fsp3) is 0.0169. The molecule has 1 aromatic heterocycles. The fourth-order valence-corrected chi connectivity index (χ4v) is 10.4. The van der Waals surface area contributed by atoms with Crippen molar-refractivity contribution in [1.82, 2.24) is 4.57 Å². The van der Waals surface area contributed by atoms with Crippen molar-refractivity contribution < 1.29 is 0 Å². The van der Waals surface area contributed by atoms with E-state index >= 15 is 0 Å². The molecular formula is C59H40N2. The lowest BCUT2D eigenvalue weighted by Gasteiger charge is -2.34. The molecule has 0 saturated carbocycles. The van der Waals surface area contributed by atoms with Gasteiger partial charge < -0.3 is 9.47 Å². The molecule has 61 heavy (non-hydrogen) atoms. The van der Waals surface area contributed by atoms with Crippen molar-refractivity contribution in [3.05, 3.63) is 265 Å². The van der Waals surface area contributed by atoms with Crippen LogP contribution in [0.4, 0.5) is 17.1 Å². The number of hydrogen-bond acceptors (Lipinski definition) is 1. The van der Waals surface area contributed by atoms with Gasteiger partial charge in [0.1, 0.15) is 0 Å². The lowest BCUT2D eigenvalue weighted by atomic mass is 9.68. The van der Waals surface area contributed by atoms with Crippen LogP contribution in [0, 0.1) is 0 Å². The van der Waals surface area contributed by atoms with Crippen LogP contribution in [0.25, 0.3) is 60.5 Å². The predicted octanol–water partition coefficient (Wildman–Crippen LogP) is 15.4. The van der Waals surface area contributed by atoms with E-state index in [1.807, 2.05) is 0 Å². The third-order valence-electron chi connectivity index (χ3n) is 12.8. The quantitative estimate of drug-likeness (QED) is 0.156. The summed E-state index contributed by atoms with van der Waals surface area (Å²) in [5.41, 5.74) is 16.2. The summed E-state index contributed by atoms with van der Waals surface area (Å²) < 4.78 is 2.42. The summed E-state index contributed by atoms with van der Waals surface area (Å²) >= 11 is 0. The number of rotatable bonds is 7. The third kappa shape index (κ3) is 5.29. The van der Waals surface area contributed by atoms with E-state index < -0.39 is 5.41 Å². The summed E-state index contributed by atoms with van der Waals surface area (Å²) in [7, 11) is 0. The van der Waals surface area contributed by atoms with E-state index in [9.17, 15) is 0 Å². The van der Waals surface area contributed by atoms with Crippen molar-refractivity contribution in [2.24, 2.45) is 0 Å². The van der Waals surface area contributed by atoms with Crippen LogP contribution in [0.15, 0.2) is 243 Å². The Labute approximate surface area is 355 Å². The first kappa shape index (κ1) is 35.0. The molecule has 1 aliphatic carbocycles. The number of benzene rings is 10. The van der Waals surface area contributed by atoms with Gasteiger partial charge in [0.05, 0.1) is 27.8 Å². The van der Waals surface area contributed by atoms with Gasteiger partial charge in [-0.25, -0.2) is 0 Å². The molecule has 1 aliphatic rings. The fourth-order valence-electron chi connectivity index (χ4n) is 10.4. The Bertz CT molecular complexity index is 3360. The summed E-state index contributed by atoms with van der Waals surface area (Å²) in [5.74, 6) is 0. The molecule has 0 fully saturated rings. The van der Waals surface area contributed by atoms with E-state index in [2.05, 4.69) is 252 Å². The van der Waals surface area contributed by atoms with Crippen LogP contribution < -0.4 is 4.90 Å². The van der Waals surface area contributed by atoms with Crippen LogP contribution in [0.2, 0.25) is 0 Å². The zero-order valence-electron chi connectivity index (χ0n) is 33.5. The first-order chi connectivity index (χ1) is 30.3. The van der Waals surface area contributed by atoms with E-state index in [-0.39, 0.29) is 0 Å². The van der Waals surface area contributed by atoms with Crippen molar-refractivity contribution in [3.63, 3.8) is 0 Å². The number of nitrogens with zero attached hydrogens (tertiary/aromatic N) is 2. The average molecular weight is 777 g/mol. The molecule has 0 unspecified atom stereocenters. The highest BCUT2D eigenvalue weighted by atomic mass is 15.2. The lowest BCUT2D eigenvalue weighted by Crippen LogP contribution is -2.28. The molecule has 12 rings (SSSR count). The predicted molar refractivity (Wildman–Crippen MR) is 256 cm³/mol. The highest BCUT2D eigenvalue weighted by Gasteiger charge is 2.47. The maximum atomic E-state index is 2.54. The molecule has 1 heterocycles. The van der Waals surface area contributed by atoms with Gasteiger partial charge >= 0.3 is 0 Å². The molecule has 0 aliphatic heterocycles. The summed E-state index contributed by atoms with van der Waals surface area (Å²) in [5, 5.41) is 4.88. The number of para-hydroxylation sites is 2. The van der Waals surface area contributed by atoms with Gasteiger partial charge in [-0.2, -0.15) is 0 Å². The Hall–Kier alpha value is -7.94. The van der Waals surface area contributed by atoms with Crippen molar-refractivity contribution >= 4 is 49.6 Å². The molecule has 11 aromatic rings. The molecule has 0 radical (unpaired) electrons. The van der Waals surface area contributed by atoms with Crippen LogP contribution in [-0.2, 0) is 5.41 Å². The van der Waals surface area contributed by atoms with Gasteiger partial charge in [0, 0.05) is 33.3 Å². The normalized spacial score (nSPS) is 12.7. The molecule has 0 saturated heterocycles. The number of hydrogen-bond donors (Lipinski definition) is 0. The Morgan fingerprint density at radius 3 is 1.69 bits per heavy atom. The minimum atomic E-state index is -0.536. The highest BCUT2D eigenvalue weighted by molar-refractivity contribution is 6.12. The summed E-state index contributed by atoms with van der Waals surface area (Å²) in [6, 6.07) is 89.2. The number of fused-ring (bicyclic) bond motifs is 7. The Kier molecular flexibility index (Phi) is 8.11. The molecule has 286 valence electrons. The van der Waals surface area contributed by atoms with Gasteiger partial charge in [-0.15, -0.1) is 0 Å². The Morgan fingerprint density at radius 2 is 0.934 bits per heavy atom. The van der Waals surface area contributed by atoms with Crippen LogP contribution >= 0.6 is 0 Å². The van der Waals surface area contributed by atoms with E-state index in [1.165, 1.54) is 71.6 Å². The van der Waals surface area contributed by atoms with Crippen molar-refractivity contribution in [2.75, 3.05) is 4.90 Å². The first-order valence-corrected chi connectivity index (χ1v) is 21.1. The third-order valence-corrected chi connectivity index (χ3v) is 12.8. The summed E-state index contributed by atoms with van der Waals surface area (Å²) in [6.45, 7) is 0. The maximum absolute atomic E-state index is 2.54. The standard InChI is InChI=1S/C59H40N2/c1-5-21-42(22-6-1)57-47-29-14-13-20-41(47)36-39-55(57)61(46-37-38-49-48-30-16-18-34-53(48)60(56(49)40-46)45-27-11-4-12-28-45)54-35-19-33-52-58(54)50-31-15-17-32-51(50)59(52,43-23-7-2-8-24-43)44-25-9-3-10-26-44/h1-40H. The van der Waals surface area contributed by atoms with E-state index in [4.69, 9.17) is 0 Å². The van der Waals surface area contributed by atoms with Crippen molar-refractivity contribution in [1.29, 1.82) is 0 Å². The summed E-state index contributed by atoms with van der Waals surface area (Å²) in [6.07, 6.45) is 0. The first-order valence-electron chi connectivity index (χ1n) is 21.1. The zero-order chi connectivity index (χ0) is 40.3. The van der Waals surface area contributed by atoms with Gasteiger partial charge in [0.25, 0.3) is 0 Å². The summed E-state index contributed by atoms with van der Waals surface area (Å²) in [4.78, 5) is 2.54. The van der Waals surface area contributed by atoms with Crippen molar-refractivity contribution in [2.45, 2.75) is 5.41 Å². The second kappa shape index (κ2) is 14.1. The van der Waals surface area contributed by atoms with Gasteiger partial charge in [0.15, 0.2) is 0 Å². The van der Waals surface area contributed by atoms with Crippen molar-refractivity contribution in [3.8, 4) is 27.9 Å². The SMILES string of the molecule is c1ccc(-c2c(N(c3ccc4c5ccccc5n(-c5ccccc5)c4c3)c3cccc4c3-c3ccccc3C4(c3ccccc3)c3ccccc3)ccc3ccccc23)cc1. The molecular weight excluding hydrogens is 737 g/mol. The minimum Gasteiger partial charge on any atom is -0.309 e. The molecule has 10 aromatic carbocycles.